The molecular weight excluding hydrogens is 380 g/mol. The first-order valence-corrected chi connectivity index (χ1v) is 10.6. The molecule has 29 heavy (non-hydrogen) atoms. The zero-order chi connectivity index (χ0) is 22.2. The minimum Gasteiger partial charge on any atom is -0.394 e. The topological polar surface area (TPSA) is 95.8 Å². The zero-order valence-electron chi connectivity index (χ0n) is 19.3. The Kier molecular flexibility index (Phi) is 17.2. The molecular formula is C21H44O8. The first kappa shape index (κ1) is 28.7. The highest BCUT2D eigenvalue weighted by Gasteiger charge is 2.13. The molecule has 0 bridgehead atoms. The van der Waals surface area contributed by atoms with Crippen LogP contribution in [0.1, 0.15) is 48.5 Å². The van der Waals surface area contributed by atoms with Crippen LogP contribution in [0.5, 0.6) is 0 Å². The van der Waals surface area contributed by atoms with Gasteiger partial charge in [-0.3, -0.25) is 0 Å². The Hall–Kier alpha value is -0.320. The van der Waals surface area contributed by atoms with Crippen LogP contribution in [-0.4, -0.2) is 99.2 Å². The van der Waals surface area contributed by atoms with Crippen LogP contribution in [0.25, 0.3) is 0 Å². The minimum absolute atomic E-state index is 0.00355. The molecule has 176 valence electrons. The second kappa shape index (κ2) is 17.4. The predicted octanol–water partition coefficient (Wildman–Crippen LogP) is 1.79. The summed E-state index contributed by atoms with van der Waals surface area (Å²) < 4.78 is 33.8. The molecule has 0 aliphatic rings. The molecule has 0 radical (unpaired) electrons. The summed E-state index contributed by atoms with van der Waals surface area (Å²) in [6.07, 6.45) is -0.963. The normalized spacial score (nSPS) is 19.3. The SMILES string of the molecule is CC(CO)OCC(C)OCC(C)OCC(C)OCC(C)OCC(C)OC[C@H](C)O. The standard InChI is InChI=1S/C21H44O8/c1-15(23)9-24-17(3)11-26-19(5)13-28-21(7)14-29-20(6)12-27-18(4)10-25-16(2)8-22/h15-23H,8-14H2,1-7H3/t15-,16?,17?,18?,19?,20?,21?/m0/s1. The lowest BCUT2D eigenvalue weighted by Crippen LogP contribution is -2.30. The van der Waals surface area contributed by atoms with Gasteiger partial charge in [-0.05, 0) is 48.5 Å². The van der Waals surface area contributed by atoms with Crippen molar-refractivity contribution in [1.82, 2.24) is 0 Å². The van der Waals surface area contributed by atoms with Crippen LogP contribution < -0.4 is 0 Å². The summed E-state index contributed by atoms with van der Waals surface area (Å²) in [5, 5.41) is 18.1. The Morgan fingerprint density at radius 1 is 0.448 bits per heavy atom. The summed E-state index contributed by atoms with van der Waals surface area (Å²) in [7, 11) is 0. The van der Waals surface area contributed by atoms with Gasteiger partial charge in [0.25, 0.3) is 0 Å². The van der Waals surface area contributed by atoms with Crippen molar-refractivity contribution >= 4 is 0 Å². The smallest absolute Gasteiger partial charge is 0.0781 e. The molecule has 2 N–H and O–H groups in total. The summed E-state index contributed by atoms with van der Waals surface area (Å²) in [4.78, 5) is 0. The fourth-order valence-corrected chi connectivity index (χ4v) is 2.10. The summed E-state index contributed by atoms with van der Waals surface area (Å²) in [5.74, 6) is 0. The van der Waals surface area contributed by atoms with Crippen molar-refractivity contribution in [3.8, 4) is 0 Å². The van der Waals surface area contributed by atoms with E-state index < -0.39 is 6.10 Å². The van der Waals surface area contributed by atoms with Gasteiger partial charge in [0.05, 0.1) is 89.0 Å². The van der Waals surface area contributed by atoms with Crippen LogP contribution in [0.2, 0.25) is 0 Å². The molecule has 0 rings (SSSR count). The van der Waals surface area contributed by atoms with Crippen molar-refractivity contribution in [2.24, 2.45) is 0 Å². The molecule has 6 unspecified atom stereocenters. The molecule has 0 aromatic rings. The molecule has 0 saturated carbocycles. The van der Waals surface area contributed by atoms with E-state index in [9.17, 15) is 5.11 Å². The van der Waals surface area contributed by atoms with Gasteiger partial charge in [-0.1, -0.05) is 0 Å². The average Bonchev–Trinajstić information content (AvgIpc) is 2.69. The lowest BCUT2D eigenvalue weighted by atomic mass is 10.3. The van der Waals surface area contributed by atoms with Gasteiger partial charge < -0.3 is 38.6 Å². The summed E-state index contributed by atoms with van der Waals surface area (Å²) in [5.41, 5.74) is 0. The van der Waals surface area contributed by atoms with Crippen molar-refractivity contribution in [1.29, 1.82) is 0 Å². The molecule has 0 saturated heterocycles. The zero-order valence-corrected chi connectivity index (χ0v) is 19.3. The van der Waals surface area contributed by atoms with Gasteiger partial charge >= 0.3 is 0 Å². The third-order valence-corrected chi connectivity index (χ3v) is 3.96. The molecule has 0 amide bonds. The van der Waals surface area contributed by atoms with Gasteiger partial charge in [-0.2, -0.15) is 0 Å². The molecule has 7 atom stereocenters. The summed E-state index contributed by atoms with van der Waals surface area (Å²) in [6, 6.07) is 0. The Morgan fingerprint density at radius 2 is 0.690 bits per heavy atom. The van der Waals surface area contributed by atoms with Gasteiger partial charge in [0, 0.05) is 0 Å². The minimum atomic E-state index is -0.474. The fraction of sp³-hybridized carbons (Fsp3) is 1.00. The Bertz CT molecular complexity index is 369. The molecule has 8 nitrogen and oxygen atoms in total. The monoisotopic (exact) mass is 424 g/mol. The average molecular weight is 425 g/mol. The van der Waals surface area contributed by atoms with Gasteiger partial charge in [0.2, 0.25) is 0 Å². The number of aliphatic hydroxyl groups is 2. The number of aliphatic hydroxyl groups excluding tert-OH is 2. The fourth-order valence-electron chi connectivity index (χ4n) is 2.10. The van der Waals surface area contributed by atoms with Crippen LogP contribution in [0.15, 0.2) is 0 Å². The Morgan fingerprint density at radius 3 is 0.931 bits per heavy atom. The quantitative estimate of drug-likeness (QED) is 0.324. The molecule has 0 aromatic heterocycles. The number of ether oxygens (including phenoxy) is 6. The van der Waals surface area contributed by atoms with Crippen LogP contribution in [0.3, 0.4) is 0 Å². The van der Waals surface area contributed by atoms with Crippen molar-refractivity contribution in [3.63, 3.8) is 0 Å². The van der Waals surface area contributed by atoms with E-state index in [4.69, 9.17) is 33.5 Å². The first-order chi connectivity index (χ1) is 13.6. The van der Waals surface area contributed by atoms with Crippen LogP contribution in [-0.2, 0) is 28.4 Å². The molecule has 0 spiro atoms. The van der Waals surface area contributed by atoms with Gasteiger partial charge in [-0.25, -0.2) is 0 Å². The molecule has 0 heterocycles. The van der Waals surface area contributed by atoms with Crippen LogP contribution >= 0.6 is 0 Å². The maximum Gasteiger partial charge on any atom is 0.0781 e. The highest BCUT2D eigenvalue weighted by molar-refractivity contribution is 4.58. The number of rotatable bonds is 19. The van der Waals surface area contributed by atoms with E-state index in [-0.39, 0.29) is 43.2 Å². The van der Waals surface area contributed by atoms with E-state index >= 15 is 0 Å². The van der Waals surface area contributed by atoms with Crippen LogP contribution in [0, 0.1) is 0 Å². The Labute approximate surface area is 176 Å². The second-order valence-electron chi connectivity index (χ2n) is 7.90. The van der Waals surface area contributed by atoms with E-state index in [1.807, 2.05) is 41.5 Å². The third-order valence-electron chi connectivity index (χ3n) is 3.96. The molecule has 0 fully saturated rings. The Balaban J connectivity index is 3.76. The van der Waals surface area contributed by atoms with E-state index in [0.29, 0.717) is 39.6 Å². The van der Waals surface area contributed by atoms with Crippen molar-refractivity contribution < 1.29 is 38.6 Å². The third kappa shape index (κ3) is 18.2. The van der Waals surface area contributed by atoms with Crippen molar-refractivity contribution in [2.45, 2.75) is 91.2 Å². The number of hydrogen-bond donors (Lipinski definition) is 2. The lowest BCUT2D eigenvalue weighted by Gasteiger charge is -2.22. The maximum atomic E-state index is 9.21. The summed E-state index contributed by atoms with van der Waals surface area (Å²) >= 11 is 0. The van der Waals surface area contributed by atoms with E-state index in [1.165, 1.54) is 0 Å². The van der Waals surface area contributed by atoms with Gasteiger partial charge in [-0.15, -0.1) is 0 Å². The lowest BCUT2D eigenvalue weighted by molar-refractivity contribution is -0.105. The largest absolute Gasteiger partial charge is 0.394 e. The summed E-state index contributed by atoms with van der Waals surface area (Å²) in [6.45, 7) is 15.8. The molecule has 8 heteroatoms. The van der Waals surface area contributed by atoms with E-state index in [0.717, 1.165) is 0 Å². The maximum absolute atomic E-state index is 9.21. The van der Waals surface area contributed by atoms with Crippen molar-refractivity contribution in [2.75, 3.05) is 46.2 Å². The molecule has 0 aliphatic carbocycles. The highest BCUT2D eigenvalue weighted by Crippen LogP contribution is 2.04. The predicted molar refractivity (Wildman–Crippen MR) is 111 cm³/mol. The van der Waals surface area contributed by atoms with E-state index in [1.54, 1.807) is 6.92 Å². The molecule has 0 aliphatic heterocycles. The highest BCUT2D eigenvalue weighted by atomic mass is 16.6. The van der Waals surface area contributed by atoms with Gasteiger partial charge in [0.1, 0.15) is 0 Å². The first-order valence-electron chi connectivity index (χ1n) is 10.6. The second-order valence-corrected chi connectivity index (χ2v) is 7.90. The number of hydrogen-bond acceptors (Lipinski definition) is 8. The molecule has 0 aromatic carbocycles. The van der Waals surface area contributed by atoms with E-state index in [2.05, 4.69) is 0 Å². The van der Waals surface area contributed by atoms with Crippen molar-refractivity contribution in [3.05, 3.63) is 0 Å². The van der Waals surface area contributed by atoms with Crippen LogP contribution in [0.4, 0.5) is 0 Å². The van der Waals surface area contributed by atoms with Gasteiger partial charge in [0.15, 0.2) is 0 Å².